The predicted octanol–water partition coefficient (Wildman–Crippen LogP) is 1.85. The molecule has 11 nitrogen and oxygen atoms in total. The number of benzene rings is 1. The lowest BCUT2D eigenvalue weighted by Gasteiger charge is -2.34. The van der Waals surface area contributed by atoms with Crippen LogP contribution in [-0.4, -0.2) is 66.9 Å². The minimum Gasteiger partial charge on any atom is -0.496 e. The van der Waals surface area contributed by atoms with Crippen molar-refractivity contribution in [1.82, 2.24) is 19.3 Å². The van der Waals surface area contributed by atoms with E-state index < -0.39 is 15.9 Å². The van der Waals surface area contributed by atoms with Crippen molar-refractivity contribution in [1.29, 1.82) is 0 Å². The molecular weight excluding hydrogens is 470 g/mol. The van der Waals surface area contributed by atoms with Crippen LogP contribution in [0.25, 0.3) is 0 Å². The average molecular weight is 498 g/mol. The van der Waals surface area contributed by atoms with E-state index in [0.717, 1.165) is 5.56 Å². The minimum atomic E-state index is -3.82. The Balaban J connectivity index is 1.49. The van der Waals surface area contributed by atoms with Crippen LogP contribution in [0.4, 0.5) is 17.5 Å². The molecule has 1 aromatic carbocycles. The summed E-state index contributed by atoms with van der Waals surface area (Å²) in [6, 6.07) is 9.76. The third kappa shape index (κ3) is 5.33. The van der Waals surface area contributed by atoms with Gasteiger partial charge in [-0.15, -0.1) is 0 Å². The largest absolute Gasteiger partial charge is 0.496 e. The summed E-state index contributed by atoms with van der Waals surface area (Å²) in [7, 11) is -2.43. The van der Waals surface area contributed by atoms with Crippen molar-refractivity contribution in [3.05, 3.63) is 59.5 Å². The predicted molar refractivity (Wildman–Crippen MR) is 132 cm³/mol. The molecule has 35 heavy (non-hydrogen) atoms. The molecule has 3 aromatic rings. The number of hydrogen-bond acceptors (Lipinski definition) is 9. The number of ether oxygens (including phenoxy) is 1. The van der Waals surface area contributed by atoms with Crippen molar-refractivity contribution < 1.29 is 17.9 Å². The highest BCUT2D eigenvalue weighted by Crippen LogP contribution is 2.26. The highest BCUT2D eigenvalue weighted by molar-refractivity contribution is 7.89. The molecule has 1 fully saturated rings. The Morgan fingerprint density at radius 3 is 2.43 bits per heavy atom. The summed E-state index contributed by atoms with van der Waals surface area (Å²) in [5.41, 5.74) is 6.48. The van der Waals surface area contributed by atoms with Gasteiger partial charge in [-0.25, -0.2) is 23.4 Å². The number of carbonyl (C=O) groups excluding carboxylic acids is 1. The van der Waals surface area contributed by atoms with E-state index >= 15 is 0 Å². The third-order valence-corrected chi connectivity index (χ3v) is 7.53. The number of nitrogens with one attached hydrogen (secondary N) is 1. The Morgan fingerprint density at radius 1 is 1.03 bits per heavy atom. The van der Waals surface area contributed by atoms with Crippen LogP contribution in [0.5, 0.6) is 5.75 Å². The van der Waals surface area contributed by atoms with E-state index in [4.69, 9.17) is 10.5 Å². The molecule has 0 bridgehead atoms. The molecule has 0 radical (unpaired) electrons. The number of carbonyl (C=O) groups is 1. The highest BCUT2D eigenvalue weighted by atomic mass is 32.2. The zero-order valence-electron chi connectivity index (χ0n) is 19.7. The second kappa shape index (κ2) is 9.84. The summed E-state index contributed by atoms with van der Waals surface area (Å²) in [5.74, 6) is 2.05. The molecule has 0 saturated carbocycles. The average Bonchev–Trinajstić information content (AvgIpc) is 2.83. The number of nitrogens with zero attached hydrogens (tertiary/aromatic N) is 5. The number of piperazine rings is 1. The number of hydrogen-bond donors (Lipinski definition) is 2. The molecule has 184 valence electrons. The summed E-state index contributed by atoms with van der Waals surface area (Å²) < 4.78 is 32.9. The first-order chi connectivity index (χ1) is 16.7. The number of pyridine rings is 1. The fourth-order valence-corrected chi connectivity index (χ4v) is 5.31. The summed E-state index contributed by atoms with van der Waals surface area (Å²) in [6.07, 6.45) is 1.72. The summed E-state index contributed by atoms with van der Waals surface area (Å²) in [5, 5.41) is 3.20. The van der Waals surface area contributed by atoms with Crippen LogP contribution in [0.15, 0.2) is 47.5 Å². The molecular formula is C23H27N7O4S. The van der Waals surface area contributed by atoms with Gasteiger partial charge in [0.15, 0.2) is 0 Å². The van der Waals surface area contributed by atoms with Gasteiger partial charge in [0.2, 0.25) is 10.0 Å². The lowest BCUT2D eigenvalue weighted by molar-refractivity contribution is 0.0997. The first-order valence-electron chi connectivity index (χ1n) is 11.0. The van der Waals surface area contributed by atoms with Gasteiger partial charge in [0, 0.05) is 38.4 Å². The standard InChI is InChI=1S/C23H27N7O4S/c1-15-6-7-25-20(12-15)28-21-14-22(27-16(2)26-21)29-8-10-30(11-9-29)35(32,33)17-4-5-19(34-3)18(13-17)23(24)31/h4-7,12-14H,8-11H2,1-3H3,(H2,24,31)(H,25,26,27,28). The van der Waals surface area contributed by atoms with E-state index in [1.165, 1.54) is 29.6 Å². The first kappa shape index (κ1) is 24.4. The number of nitrogens with two attached hydrogens (primary N) is 1. The SMILES string of the molecule is COc1ccc(S(=O)(=O)N2CCN(c3cc(Nc4cc(C)ccn4)nc(C)n3)CC2)cc1C(N)=O. The fraction of sp³-hybridized carbons (Fsp3) is 0.304. The number of aromatic nitrogens is 3. The van der Waals surface area contributed by atoms with Crippen molar-refractivity contribution in [2.24, 2.45) is 5.73 Å². The van der Waals surface area contributed by atoms with Crippen molar-refractivity contribution in [3.63, 3.8) is 0 Å². The maximum Gasteiger partial charge on any atom is 0.252 e. The topological polar surface area (TPSA) is 144 Å². The van der Waals surface area contributed by atoms with Crippen molar-refractivity contribution in [2.45, 2.75) is 18.7 Å². The maximum atomic E-state index is 13.2. The van der Waals surface area contributed by atoms with Gasteiger partial charge in [-0.3, -0.25) is 4.79 Å². The van der Waals surface area contributed by atoms with Crippen molar-refractivity contribution in [3.8, 4) is 5.75 Å². The molecule has 2 aromatic heterocycles. The van der Waals surface area contributed by atoms with Crippen LogP contribution in [0.3, 0.4) is 0 Å². The molecule has 4 rings (SSSR count). The number of aryl methyl sites for hydroxylation is 2. The zero-order chi connectivity index (χ0) is 25.2. The molecule has 0 aliphatic carbocycles. The van der Waals surface area contributed by atoms with Crippen LogP contribution in [0, 0.1) is 13.8 Å². The molecule has 1 aliphatic rings. The molecule has 3 heterocycles. The number of anilines is 3. The zero-order valence-corrected chi connectivity index (χ0v) is 20.5. The van der Waals surface area contributed by atoms with E-state index in [9.17, 15) is 13.2 Å². The normalized spacial score (nSPS) is 14.5. The van der Waals surface area contributed by atoms with E-state index in [1.807, 2.05) is 30.0 Å². The van der Waals surface area contributed by atoms with Gasteiger partial charge in [0.1, 0.15) is 29.0 Å². The van der Waals surface area contributed by atoms with Gasteiger partial charge in [-0.2, -0.15) is 4.31 Å². The second-order valence-electron chi connectivity index (χ2n) is 8.12. The van der Waals surface area contributed by atoms with E-state index in [0.29, 0.717) is 36.4 Å². The van der Waals surface area contributed by atoms with E-state index in [1.54, 1.807) is 13.1 Å². The van der Waals surface area contributed by atoms with E-state index in [-0.39, 0.29) is 29.3 Å². The quantitative estimate of drug-likeness (QED) is 0.500. The van der Waals surface area contributed by atoms with Crippen molar-refractivity contribution in [2.75, 3.05) is 43.5 Å². The van der Waals surface area contributed by atoms with Gasteiger partial charge in [-0.05, 0) is 49.7 Å². The van der Waals surface area contributed by atoms with Gasteiger partial charge in [0.25, 0.3) is 5.91 Å². The van der Waals surface area contributed by atoms with Gasteiger partial charge in [0.05, 0.1) is 17.6 Å². The Kier molecular flexibility index (Phi) is 6.85. The van der Waals surface area contributed by atoms with Gasteiger partial charge < -0.3 is 20.7 Å². The monoisotopic (exact) mass is 497 g/mol. The molecule has 0 atom stereocenters. The summed E-state index contributed by atoms with van der Waals surface area (Å²) in [6.45, 7) is 5.18. The van der Waals surface area contributed by atoms with Crippen molar-refractivity contribution >= 4 is 33.4 Å². The number of methoxy groups -OCH3 is 1. The maximum absolute atomic E-state index is 13.2. The smallest absolute Gasteiger partial charge is 0.252 e. The number of amides is 1. The summed E-state index contributed by atoms with van der Waals surface area (Å²) >= 11 is 0. The van der Waals surface area contributed by atoms with Crippen LogP contribution in [-0.2, 0) is 10.0 Å². The number of rotatable bonds is 7. The third-order valence-electron chi connectivity index (χ3n) is 5.63. The Bertz CT molecular complexity index is 1360. The first-order valence-corrected chi connectivity index (χ1v) is 12.4. The Labute approximate surface area is 204 Å². The molecule has 1 amide bonds. The lowest BCUT2D eigenvalue weighted by atomic mass is 10.2. The van der Waals surface area contributed by atoms with Crippen LogP contribution in [0.1, 0.15) is 21.7 Å². The van der Waals surface area contributed by atoms with Gasteiger partial charge in [-0.1, -0.05) is 0 Å². The van der Waals surface area contributed by atoms with Gasteiger partial charge >= 0.3 is 0 Å². The Hall–Kier alpha value is -3.77. The lowest BCUT2D eigenvalue weighted by Crippen LogP contribution is -2.49. The molecule has 0 spiro atoms. The second-order valence-corrected chi connectivity index (χ2v) is 10.1. The van der Waals surface area contributed by atoms with Crippen LogP contribution >= 0.6 is 0 Å². The number of sulfonamides is 1. The molecule has 3 N–H and O–H groups in total. The fourth-order valence-electron chi connectivity index (χ4n) is 3.86. The van der Waals surface area contributed by atoms with Crippen LogP contribution < -0.4 is 20.7 Å². The highest BCUT2D eigenvalue weighted by Gasteiger charge is 2.30. The Morgan fingerprint density at radius 2 is 1.77 bits per heavy atom. The minimum absolute atomic E-state index is 0.00410. The molecule has 0 unspecified atom stereocenters. The van der Waals surface area contributed by atoms with E-state index in [2.05, 4.69) is 20.3 Å². The molecule has 12 heteroatoms. The molecule has 1 saturated heterocycles. The summed E-state index contributed by atoms with van der Waals surface area (Å²) in [4.78, 5) is 27.0. The van der Waals surface area contributed by atoms with Crippen LogP contribution in [0.2, 0.25) is 0 Å². The number of primary amides is 1. The molecule has 1 aliphatic heterocycles.